The first kappa shape index (κ1) is 35.4. The number of anilines is 5. The minimum Gasteiger partial charge on any atom is -0.387 e. The molecule has 3 aliphatic heterocycles. The molecule has 2 saturated heterocycles. The second-order valence-electron chi connectivity index (χ2n) is 14.2. The summed E-state index contributed by atoms with van der Waals surface area (Å²) in [5, 5.41) is 29.2. The predicted molar refractivity (Wildman–Crippen MR) is 206 cm³/mol. The van der Waals surface area contributed by atoms with Gasteiger partial charge in [0, 0.05) is 100 Å². The van der Waals surface area contributed by atoms with Gasteiger partial charge in [-0.25, -0.2) is 14.8 Å². The maximum atomic E-state index is 13.1. The van der Waals surface area contributed by atoms with E-state index in [4.69, 9.17) is 4.98 Å². The molecular weight excluding hydrogens is 705 g/mol. The number of pyridine rings is 2. The minimum absolute atomic E-state index is 0.0726. The Hall–Kier alpha value is -5.66. The number of nitrogens with zero attached hydrogens (tertiary/aromatic N) is 9. The number of carbonyl (C=O) groups excluding carboxylic acids is 3. The lowest BCUT2D eigenvalue weighted by Crippen LogP contribution is -2.51. The van der Waals surface area contributed by atoms with Crippen LogP contribution in [-0.2, 0) is 16.0 Å². The third kappa shape index (κ3) is 7.42. The Morgan fingerprint density at radius 3 is 2.43 bits per heavy atom. The van der Waals surface area contributed by atoms with Crippen LogP contribution in [-0.4, -0.2) is 102 Å². The monoisotopic (exact) mass is 746 g/mol. The first-order valence-corrected chi connectivity index (χ1v) is 19.3. The number of carbonyl (C=O) groups is 3. The highest BCUT2D eigenvalue weighted by atomic mass is 32.1. The van der Waals surface area contributed by atoms with E-state index in [-0.39, 0.29) is 23.9 Å². The largest absolute Gasteiger partial charge is 0.387 e. The predicted octanol–water partition coefficient (Wildman–Crippen LogP) is 4.01. The molecule has 278 valence electrons. The fourth-order valence-corrected chi connectivity index (χ4v) is 8.85. The van der Waals surface area contributed by atoms with Gasteiger partial charge in [0.15, 0.2) is 5.01 Å². The number of aromatic nitrogens is 4. The molecule has 3 fully saturated rings. The van der Waals surface area contributed by atoms with Gasteiger partial charge in [0.25, 0.3) is 0 Å². The first-order chi connectivity index (χ1) is 26.3. The third-order valence-electron chi connectivity index (χ3n) is 10.8. The number of imide groups is 1. The van der Waals surface area contributed by atoms with Crippen molar-refractivity contribution < 1.29 is 14.4 Å². The van der Waals surface area contributed by atoms with Crippen LogP contribution in [0.1, 0.15) is 54.2 Å². The van der Waals surface area contributed by atoms with Crippen LogP contribution in [0.4, 0.5) is 33.5 Å². The van der Waals surface area contributed by atoms with Crippen LogP contribution in [0, 0.1) is 11.3 Å². The van der Waals surface area contributed by atoms with Crippen molar-refractivity contribution >= 4 is 57.9 Å². The summed E-state index contributed by atoms with van der Waals surface area (Å²) in [6.07, 6.45) is 8.27. The van der Waals surface area contributed by atoms with Crippen molar-refractivity contribution in [3.63, 3.8) is 0 Å². The van der Waals surface area contributed by atoms with Crippen molar-refractivity contribution in [2.75, 3.05) is 72.9 Å². The number of piperazine rings is 1. The summed E-state index contributed by atoms with van der Waals surface area (Å²) in [5.41, 5.74) is 5.28. The molecular formula is C38H42N12O3S. The quantitative estimate of drug-likeness (QED) is 0.225. The van der Waals surface area contributed by atoms with Crippen LogP contribution in [0.5, 0.6) is 0 Å². The zero-order chi connectivity index (χ0) is 37.2. The van der Waals surface area contributed by atoms with Crippen molar-refractivity contribution in [3.05, 3.63) is 64.9 Å². The van der Waals surface area contributed by atoms with Gasteiger partial charge in [-0.1, -0.05) is 11.3 Å². The fourth-order valence-electron chi connectivity index (χ4n) is 7.81. The van der Waals surface area contributed by atoms with E-state index in [0.717, 1.165) is 115 Å². The second kappa shape index (κ2) is 15.4. The van der Waals surface area contributed by atoms with Crippen LogP contribution in [0.2, 0.25) is 0 Å². The number of benzene rings is 1. The van der Waals surface area contributed by atoms with Gasteiger partial charge >= 0.3 is 6.03 Å². The Balaban J connectivity index is 0.794. The van der Waals surface area contributed by atoms with Crippen LogP contribution in [0.3, 0.4) is 0 Å². The second-order valence-corrected chi connectivity index (χ2v) is 15.2. The Bertz CT molecular complexity index is 2080. The molecule has 1 aromatic carbocycles. The van der Waals surface area contributed by atoms with E-state index < -0.39 is 0 Å². The van der Waals surface area contributed by atoms with Gasteiger partial charge in [0.2, 0.25) is 11.8 Å². The molecule has 8 rings (SSSR count). The summed E-state index contributed by atoms with van der Waals surface area (Å²) in [6, 6.07) is 13.7. The van der Waals surface area contributed by atoms with E-state index in [1.807, 2.05) is 49.6 Å². The summed E-state index contributed by atoms with van der Waals surface area (Å²) in [6.45, 7) is 4.72. The number of nitrogens with one attached hydrogen (secondary N) is 3. The van der Waals surface area contributed by atoms with E-state index >= 15 is 0 Å². The normalized spacial score (nSPS) is 20.3. The van der Waals surface area contributed by atoms with Crippen LogP contribution in [0.15, 0.2) is 48.8 Å². The van der Waals surface area contributed by atoms with Crippen LogP contribution >= 0.6 is 11.3 Å². The van der Waals surface area contributed by atoms with Crippen molar-refractivity contribution in [1.29, 1.82) is 5.26 Å². The van der Waals surface area contributed by atoms with Crippen molar-refractivity contribution in [1.82, 2.24) is 35.7 Å². The minimum atomic E-state index is -0.383. The number of hydrogen-bond donors (Lipinski definition) is 3. The number of nitriles is 1. The van der Waals surface area contributed by atoms with Crippen molar-refractivity contribution in [2.45, 2.75) is 50.5 Å². The Morgan fingerprint density at radius 1 is 0.926 bits per heavy atom. The Labute approximate surface area is 317 Å². The zero-order valence-electron chi connectivity index (χ0n) is 30.1. The maximum absolute atomic E-state index is 13.1. The molecule has 0 bridgehead atoms. The van der Waals surface area contributed by atoms with Crippen molar-refractivity contribution in [2.24, 2.45) is 0 Å². The van der Waals surface area contributed by atoms with E-state index in [9.17, 15) is 19.6 Å². The molecule has 0 unspecified atom stereocenters. The van der Waals surface area contributed by atoms with Gasteiger partial charge in [0.1, 0.15) is 22.7 Å². The average Bonchev–Trinajstić information content (AvgIpc) is 3.86. The summed E-state index contributed by atoms with van der Waals surface area (Å²) in [7, 11) is 1.89. The first-order valence-electron chi connectivity index (χ1n) is 18.5. The number of amides is 4. The van der Waals surface area contributed by atoms with Gasteiger partial charge in [-0.05, 0) is 68.0 Å². The standard InChI is InChI=1S/C38H42N12O3S/c1-40-31-19-32(50-12-10-26-18-24(20-39)21-42-35(26)50)41-22-30(31)37-46-45-36(54-37)25-2-4-27(5-3-25)43-34(52)23-47-14-16-48(17-15-47)28-6-8-29(9-7-28)49-13-11-33(51)44-38(49)53/h6-9,18-19,21-22,25,27H,2-5,10-17,23H2,1H3,(H,40,41)(H,43,52)(H,44,51,53)/t25-,27-. The highest BCUT2D eigenvalue weighted by molar-refractivity contribution is 7.14. The molecule has 0 atom stereocenters. The topological polar surface area (TPSA) is 176 Å². The SMILES string of the molecule is CNc1cc(N2CCc3cc(C#N)cnc32)ncc1-c1nnc([C@H]2CC[C@H](NC(=O)CN3CCN(c4ccc(N5CCC(=O)NC5=O)cc4)CC3)CC2)s1. The molecule has 4 aliphatic rings. The number of fused-ring (bicyclic) bond motifs is 1. The van der Waals surface area contributed by atoms with E-state index in [2.05, 4.69) is 51.9 Å². The van der Waals surface area contributed by atoms with Gasteiger partial charge in [-0.2, -0.15) is 5.26 Å². The van der Waals surface area contributed by atoms with Gasteiger partial charge in [-0.3, -0.25) is 24.7 Å². The molecule has 1 saturated carbocycles. The van der Waals surface area contributed by atoms with E-state index in [0.29, 0.717) is 31.0 Å². The molecule has 0 radical (unpaired) electrons. The number of urea groups is 1. The Morgan fingerprint density at radius 2 is 1.69 bits per heavy atom. The smallest absolute Gasteiger partial charge is 0.328 e. The molecule has 4 amide bonds. The summed E-state index contributed by atoms with van der Waals surface area (Å²) >= 11 is 1.61. The highest BCUT2D eigenvalue weighted by Crippen LogP contribution is 2.40. The molecule has 16 heteroatoms. The van der Waals surface area contributed by atoms with Gasteiger partial charge < -0.3 is 20.4 Å². The number of hydrogen-bond acceptors (Lipinski definition) is 13. The summed E-state index contributed by atoms with van der Waals surface area (Å²) in [5.74, 6) is 1.77. The average molecular weight is 747 g/mol. The van der Waals surface area contributed by atoms with Gasteiger partial charge in [-0.15, -0.1) is 10.2 Å². The summed E-state index contributed by atoms with van der Waals surface area (Å²) < 4.78 is 0. The molecule has 15 nitrogen and oxygen atoms in total. The van der Waals surface area contributed by atoms with Crippen LogP contribution < -0.4 is 30.7 Å². The van der Waals surface area contributed by atoms with Gasteiger partial charge in [0.05, 0.1) is 17.7 Å². The fraction of sp³-hybridized carbons (Fsp3) is 0.421. The molecule has 4 aromatic rings. The lowest BCUT2D eigenvalue weighted by molar-refractivity contribution is -0.123. The number of rotatable bonds is 9. The molecule has 6 heterocycles. The maximum Gasteiger partial charge on any atom is 0.328 e. The van der Waals surface area contributed by atoms with E-state index in [1.54, 1.807) is 22.4 Å². The molecule has 0 spiro atoms. The third-order valence-corrected chi connectivity index (χ3v) is 11.9. The van der Waals surface area contributed by atoms with E-state index in [1.165, 1.54) is 0 Å². The Kier molecular flexibility index (Phi) is 10.1. The van der Waals surface area contributed by atoms with Crippen molar-refractivity contribution in [3.8, 4) is 16.6 Å². The van der Waals surface area contributed by atoms with Crippen LogP contribution in [0.25, 0.3) is 10.6 Å². The molecule has 3 N–H and O–H groups in total. The molecule has 3 aromatic heterocycles. The summed E-state index contributed by atoms with van der Waals surface area (Å²) in [4.78, 5) is 54.2. The lowest BCUT2D eigenvalue weighted by Gasteiger charge is -2.36. The molecule has 1 aliphatic carbocycles. The molecule has 54 heavy (non-hydrogen) atoms. The highest BCUT2D eigenvalue weighted by Gasteiger charge is 2.29. The lowest BCUT2D eigenvalue weighted by atomic mass is 9.86. The zero-order valence-corrected chi connectivity index (χ0v) is 30.9.